The van der Waals surface area contributed by atoms with Gasteiger partial charge in [0.25, 0.3) is 0 Å². The number of para-hydroxylation sites is 1. The average molecular weight is 289 g/mol. The smallest absolute Gasteiger partial charge is 0.134 e. The van der Waals surface area contributed by atoms with Crippen molar-refractivity contribution in [3.63, 3.8) is 0 Å². The van der Waals surface area contributed by atoms with E-state index in [4.69, 9.17) is 15.2 Å². The molecule has 2 aromatic carbocycles. The molecule has 0 fully saturated rings. The number of methoxy groups -OCH3 is 1. The van der Waals surface area contributed by atoms with Crippen molar-refractivity contribution in [3.8, 4) is 11.5 Å². The standard InChI is InChI=1S/C16H19NO2S/c1-18-15-12-13(17)8-9-16(15)20-11-5-10-19-14-6-3-2-4-7-14/h2-4,6-9,12H,5,10-11,17H2,1H3. The van der Waals surface area contributed by atoms with Crippen LogP contribution in [0.15, 0.2) is 53.4 Å². The van der Waals surface area contributed by atoms with Gasteiger partial charge in [-0.3, -0.25) is 0 Å². The summed E-state index contributed by atoms with van der Waals surface area (Å²) in [6.07, 6.45) is 0.979. The van der Waals surface area contributed by atoms with Gasteiger partial charge < -0.3 is 15.2 Å². The van der Waals surface area contributed by atoms with Gasteiger partial charge in [0.1, 0.15) is 11.5 Å². The molecule has 0 aliphatic heterocycles. The van der Waals surface area contributed by atoms with Crippen molar-refractivity contribution < 1.29 is 9.47 Å². The van der Waals surface area contributed by atoms with Gasteiger partial charge in [0.15, 0.2) is 0 Å². The summed E-state index contributed by atoms with van der Waals surface area (Å²) in [7, 11) is 1.66. The molecule has 2 rings (SSSR count). The molecule has 0 bridgehead atoms. The number of hydrogen-bond donors (Lipinski definition) is 1. The highest BCUT2D eigenvalue weighted by Gasteiger charge is 2.03. The fourth-order valence-corrected chi connectivity index (χ4v) is 2.68. The van der Waals surface area contributed by atoms with Crippen LogP contribution in [0.1, 0.15) is 6.42 Å². The zero-order valence-electron chi connectivity index (χ0n) is 11.5. The van der Waals surface area contributed by atoms with Crippen LogP contribution in [0.25, 0.3) is 0 Å². The van der Waals surface area contributed by atoms with E-state index in [0.29, 0.717) is 6.61 Å². The number of nitrogen functional groups attached to an aromatic ring is 1. The quantitative estimate of drug-likeness (QED) is 0.478. The molecule has 0 aliphatic carbocycles. The van der Waals surface area contributed by atoms with Crippen LogP contribution in [0.2, 0.25) is 0 Å². The Morgan fingerprint density at radius 3 is 2.65 bits per heavy atom. The van der Waals surface area contributed by atoms with Crippen molar-refractivity contribution in [2.75, 3.05) is 25.2 Å². The van der Waals surface area contributed by atoms with Crippen LogP contribution >= 0.6 is 11.8 Å². The Balaban J connectivity index is 1.73. The van der Waals surface area contributed by atoms with Crippen molar-refractivity contribution in [2.45, 2.75) is 11.3 Å². The highest BCUT2D eigenvalue weighted by Crippen LogP contribution is 2.31. The molecule has 106 valence electrons. The normalized spacial score (nSPS) is 10.2. The summed E-state index contributed by atoms with van der Waals surface area (Å²) in [5.41, 5.74) is 6.46. The molecule has 4 heteroatoms. The van der Waals surface area contributed by atoms with Gasteiger partial charge in [-0.2, -0.15) is 0 Å². The third kappa shape index (κ3) is 4.38. The Bertz CT molecular complexity index is 531. The Hall–Kier alpha value is -1.81. The lowest BCUT2D eigenvalue weighted by Crippen LogP contribution is -1.98. The second-order valence-electron chi connectivity index (χ2n) is 4.27. The average Bonchev–Trinajstić information content (AvgIpc) is 2.49. The van der Waals surface area contributed by atoms with Crippen LogP contribution in [0.3, 0.4) is 0 Å². The molecule has 0 spiro atoms. The van der Waals surface area contributed by atoms with E-state index in [0.717, 1.165) is 34.3 Å². The van der Waals surface area contributed by atoms with Crippen LogP contribution in [0.5, 0.6) is 11.5 Å². The number of benzene rings is 2. The molecule has 20 heavy (non-hydrogen) atoms. The molecular formula is C16H19NO2S. The molecule has 0 atom stereocenters. The maximum absolute atomic E-state index is 5.73. The second-order valence-corrected chi connectivity index (χ2v) is 5.41. The molecule has 0 unspecified atom stereocenters. The molecule has 0 saturated heterocycles. The zero-order valence-corrected chi connectivity index (χ0v) is 12.4. The van der Waals surface area contributed by atoms with Gasteiger partial charge >= 0.3 is 0 Å². The first kappa shape index (κ1) is 14.6. The monoisotopic (exact) mass is 289 g/mol. The van der Waals surface area contributed by atoms with Crippen LogP contribution in [-0.2, 0) is 0 Å². The molecule has 0 aliphatic rings. The zero-order chi connectivity index (χ0) is 14.2. The van der Waals surface area contributed by atoms with Crippen molar-refractivity contribution >= 4 is 17.4 Å². The summed E-state index contributed by atoms with van der Waals surface area (Å²) in [4.78, 5) is 1.11. The third-order valence-electron chi connectivity index (χ3n) is 2.75. The number of rotatable bonds is 7. The predicted molar refractivity (Wildman–Crippen MR) is 84.7 cm³/mol. The molecule has 2 aromatic rings. The van der Waals surface area contributed by atoms with Crippen LogP contribution in [0.4, 0.5) is 5.69 Å². The van der Waals surface area contributed by atoms with Gasteiger partial charge in [-0.25, -0.2) is 0 Å². The molecular weight excluding hydrogens is 270 g/mol. The molecule has 0 radical (unpaired) electrons. The first-order valence-electron chi connectivity index (χ1n) is 6.54. The maximum Gasteiger partial charge on any atom is 0.134 e. The minimum absolute atomic E-state index is 0.717. The van der Waals surface area contributed by atoms with Gasteiger partial charge in [-0.15, -0.1) is 11.8 Å². The molecule has 0 saturated carbocycles. The summed E-state index contributed by atoms with van der Waals surface area (Å²) < 4.78 is 11.0. The second kappa shape index (κ2) is 7.70. The van der Waals surface area contributed by atoms with Crippen molar-refractivity contribution in [2.24, 2.45) is 0 Å². The van der Waals surface area contributed by atoms with Gasteiger partial charge in [-0.1, -0.05) is 18.2 Å². The summed E-state index contributed by atoms with van der Waals surface area (Å²) in [5.74, 6) is 2.73. The van der Waals surface area contributed by atoms with E-state index in [1.165, 1.54) is 0 Å². The van der Waals surface area contributed by atoms with E-state index in [1.54, 1.807) is 18.9 Å². The van der Waals surface area contributed by atoms with Gasteiger partial charge in [0.05, 0.1) is 13.7 Å². The Kier molecular flexibility index (Phi) is 5.62. The van der Waals surface area contributed by atoms with E-state index in [9.17, 15) is 0 Å². The number of nitrogens with two attached hydrogens (primary N) is 1. The SMILES string of the molecule is COc1cc(N)ccc1SCCCOc1ccccc1. The fraction of sp³-hybridized carbons (Fsp3) is 0.250. The molecule has 0 aromatic heterocycles. The topological polar surface area (TPSA) is 44.5 Å². The van der Waals surface area contributed by atoms with Gasteiger partial charge in [0.2, 0.25) is 0 Å². The lowest BCUT2D eigenvalue weighted by atomic mass is 10.3. The van der Waals surface area contributed by atoms with E-state index in [1.807, 2.05) is 48.5 Å². The van der Waals surface area contributed by atoms with Crippen LogP contribution in [-0.4, -0.2) is 19.5 Å². The first-order valence-corrected chi connectivity index (χ1v) is 7.52. The number of hydrogen-bond acceptors (Lipinski definition) is 4. The minimum Gasteiger partial charge on any atom is -0.496 e. The van der Waals surface area contributed by atoms with E-state index in [2.05, 4.69) is 0 Å². The van der Waals surface area contributed by atoms with Crippen molar-refractivity contribution in [1.29, 1.82) is 0 Å². The number of ether oxygens (including phenoxy) is 2. The van der Waals surface area contributed by atoms with E-state index < -0.39 is 0 Å². The van der Waals surface area contributed by atoms with Crippen LogP contribution in [0, 0.1) is 0 Å². The van der Waals surface area contributed by atoms with Crippen molar-refractivity contribution in [1.82, 2.24) is 0 Å². The highest BCUT2D eigenvalue weighted by atomic mass is 32.2. The highest BCUT2D eigenvalue weighted by molar-refractivity contribution is 7.99. The van der Waals surface area contributed by atoms with Gasteiger partial charge in [0, 0.05) is 22.4 Å². The Morgan fingerprint density at radius 2 is 1.90 bits per heavy atom. The largest absolute Gasteiger partial charge is 0.496 e. The first-order chi connectivity index (χ1) is 9.79. The number of anilines is 1. The summed E-state index contributed by atoms with van der Waals surface area (Å²) in [5, 5.41) is 0. The van der Waals surface area contributed by atoms with Crippen molar-refractivity contribution in [3.05, 3.63) is 48.5 Å². The summed E-state index contributed by atoms with van der Waals surface area (Å²) in [6, 6.07) is 15.6. The third-order valence-corrected chi connectivity index (χ3v) is 3.89. The minimum atomic E-state index is 0.717. The maximum atomic E-state index is 5.73. The lowest BCUT2D eigenvalue weighted by Gasteiger charge is -2.09. The van der Waals surface area contributed by atoms with E-state index in [-0.39, 0.29) is 0 Å². The summed E-state index contributed by atoms with van der Waals surface area (Å²) in [6.45, 7) is 0.717. The molecule has 3 nitrogen and oxygen atoms in total. The molecule has 0 amide bonds. The van der Waals surface area contributed by atoms with E-state index >= 15 is 0 Å². The lowest BCUT2D eigenvalue weighted by molar-refractivity contribution is 0.318. The fourth-order valence-electron chi connectivity index (χ4n) is 1.75. The molecule has 0 heterocycles. The predicted octanol–water partition coefficient (Wildman–Crippen LogP) is 3.84. The number of thioether (sulfide) groups is 1. The van der Waals surface area contributed by atoms with Crippen LogP contribution < -0.4 is 15.2 Å². The van der Waals surface area contributed by atoms with Gasteiger partial charge in [-0.05, 0) is 30.7 Å². The Labute approximate surface area is 124 Å². The Morgan fingerprint density at radius 1 is 1.10 bits per heavy atom. The molecule has 2 N–H and O–H groups in total. The summed E-state index contributed by atoms with van der Waals surface area (Å²) >= 11 is 1.75.